The van der Waals surface area contributed by atoms with Gasteiger partial charge >= 0.3 is 6.03 Å². The molecule has 0 unspecified atom stereocenters. The van der Waals surface area contributed by atoms with Crippen molar-refractivity contribution in [3.8, 4) is 0 Å². The molecule has 13 heavy (non-hydrogen) atoms. The van der Waals surface area contributed by atoms with Gasteiger partial charge in [-0.3, -0.25) is 0 Å². The first kappa shape index (κ1) is 18.3. The van der Waals surface area contributed by atoms with Crippen molar-refractivity contribution in [2.45, 2.75) is 0 Å². The fourth-order valence-corrected chi connectivity index (χ4v) is 0.300. The molecule has 5 nitrogen and oxygen atoms in total. The molecule has 4 N–H and O–H groups in total. The Hall–Kier alpha value is -0.520. The van der Waals surface area contributed by atoms with Crippen molar-refractivity contribution >= 4 is 6.03 Å². The number of nitrogens with two attached hydrogens (primary N) is 1. The van der Waals surface area contributed by atoms with Crippen LogP contribution in [0.15, 0.2) is 0 Å². The smallest absolute Gasteiger partial charge is 0.311 e. The number of likely N-dealkylation sites (N-methyl/N-ethyl adjacent to an activating group) is 1. The minimum atomic E-state index is -0.495. The van der Waals surface area contributed by atoms with Crippen molar-refractivity contribution in [1.82, 2.24) is 5.32 Å². The van der Waals surface area contributed by atoms with Crippen LogP contribution in [-0.4, -0.2) is 57.0 Å². The van der Waals surface area contributed by atoms with Gasteiger partial charge in [-0.15, -0.1) is 0 Å². The van der Waals surface area contributed by atoms with Gasteiger partial charge in [0.1, 0.15) is 6.54 Å². The van der Waals surface area contributed by atoms with Gasteiger partial charge in [-0.25, -0.2) is 4.79 Å². The van der Waals surface area contributed by atoms with Crippen molar-refractivity contribution in [2.75, 3.05) is 41.3 Å². The average molecular weight is 214 g/mol. The lowest BCUT2D eigenvalue weighted by Gasteiger charge is -2.21. The SMILES string of the molecule is CNC(N)=O.C[N+](C)(C)CCO.[Cl-]. The molecule has 82 valence electrons. The fourth-order valence-electron chi connectivity index (χ4n) is 0.300. The molecule has 0 saturated heterocycles. The first-order valence-corrected chi connectivity index (χ1v) is 3.72. The Balaban J connectivity index is -0.000000150. The van der Waals surface area contributed by atoms with Gasteiger partial charge in [-0.1, -0.05) is 0 Å². The molecule has 0 aliphatic carbocycles. The Bertz CT molecular complexity index is 125. The third-order valence-corrected chi connectivity index (χ3v) is 1.02. The molecule has 0 spiro atoms. The molecule has 6 heteroatoms. The van der Waals surface area contributed by atoms with Gasteiger partial charge in [0.2, 0.25) is 0 Å². The summed E-state index contributed by atoms with van der Waals surface area (Å²) in [5.74, 6) is 0. The number of primary amides is 1. The summed E-state index contributed by atoms with van der Waals surface area (Å²) in [6, 6.07) is -0.495. The highest BCUT2D eigenvalue weighted by atomic mass is 35.5. The molecule has 0 radical (unpaired) electrons. The highest BCUT2D eigenvalue weighted by Crippen LogP contribution is 1.84. The summed E-state index contributed by atoms with van der Waals surface area (Å²) in [5.41, 5.74) is 4.54. The molecule has 0 rings (SSSR count). The van der Waals surface area contributed by atoms with Gasteiger partial charge in [0.25, 0.3) is 0 Å². The molecule has 0 saturated carbocycles. The quantitative estimate of drug-likeness (QED) is 0.409. The number of carbonyl (C=O) groups is 1. The van der Waals surface area contributed by atoms with Gasteiger partial charge < -0.3 is 33.0 Å². The third-order valence-electron chi connectivity index (χ3n) is 1.02. The van der Waals surface area contributed by atoms with Crippen molar-refractivity contribution in [2.24, 2.45) is 5.73 Å². The van der Waals surface area contributed by atoms with E-state index in [1.165, 1.54) is 7.05 Å². The van der Waals surface area contributed by atoms with Crippen LogP contribution in [0, 0.1) is 0 Å². The highest BCUT2D eigenvalue weighted by Gasteiger charge is 2.02. The topological polar surface area (TPSA) is 75.3 Å². The van der Waals surface area contributed by atoms with Crippen LogP contribution in [0.3, 0.4) is 0 Å². The number of nitrogens with one attached hydrogen (secondary N) is 1. The Kier molecular flexibility index (Phi) is 13.5. The predicted octanol–water partition coefficient (Wildman–Crippen LogP) is -4.03. The van der Waals surface area contributed by atoms with Crippen LogP contribution in [0.1, 0.15) is 0 Å². The molecule has 0 bridgehead atoms. The largest absolute Gasteiger partial charge is 1.00 e. The van der Waals surface area contributed by atoms with Crippen molar-refractivity contribution in [3.05, 3.63) is 0 Å². The second kappa shape index (κ2) is 9.57. The maximum atomic E-state index is 9.48. The number of carbonyl (C=O) groups excluding carboxylic acids is 1. The second-order valence-electron chi connectivity index (χ2n) is 3.35. The molecule has 0 aromatic rings. The first-order valence-electron chi connectivity index (χ1n) is 3.72. The fraction of sp³-hybridized carbons (Fsp3) is 0.857. The highest BCUT2D eigenvalue weighted by molar-refractivity contribution is 5.71. The lowest BCUT2D eigenvalue weighted by Crippen LogP contribution is -3.00. The average Bonchev–Trinajstić information content (AvgIpc) is 1.86. The summed E-state index contributed by atoms with van der Waals surface area (Å²) in [6.45, 7) is 1.11. The summed E-state index contributed by atoms with van der Waals surface area (Å²) in [7, 11) is 7.63. The molecule has 0 aromatic carbocycles. The van der Waals surface area contributed by atoms with E-state index in [2.05, 4.69) is 32.2 Å². The molecule has 0 aliphatic heterocycles. The number of nitrogens with zero attached hydrogens (tertiary/aromatic N) is 1. The van der Waals surface area contributed by atoms with Gasteiger partial charge in [-0.05, 0) is 0 Å². The van der Waals surface area contributed by atoms with Crippen LogP contribution in [0.25, 0.3) is 0 Å². The first-order chi connectivity index (χ1) is 5.33. The molecule has 0 aliphatic rings. The number of amides is 2. The number of aliphatic hydroxyl groups is 1. The van der Waals surface area contributed by atoms with E-state index in [0.29, 0.717) is 0 Å². The number of hydrogen-bond acceptors (Lipinski definition) is 2. The van der Waals surface area contributed by atoms with Crippen molar-refractivity contribution < 1.29 is 26.8 Å². The third kappa shape index (κ3) is 34.4. The van der Waals surface area contributed by atoms with E-state index < -0.39 is 6.03 Å². The zero-order chi connectivity index (χ0) is 10.2. The Morgan fingerprint density at radius 2 is 1.77 bits per heavy atom. The summed E-state index contributed by atoms with van der Waals surface area (Å²) in [4.78, 5) is 9.48. The van der Waals surface area contributed by atoms with Gasteiger partial charge in [-0.2, -0.15) is 0 Å². The van der Waals surface area contributed by atoms with Gasteiger partial charge in [0.05, 0.1) is 27.7 Å². The molecule has 0 fully saturated rings. The van der Waals surface area contributed by atoms with Gasteiger partial charge in [0, 0.05) is 7.05 Å². The molecule has 0 heterocycles. The number of urea groups is 1. The van der Waals surface area contributed by atoms with Crippen LogP contribution in [0.2, 0.25) is 0 Å². The molecule has 0 aromatic heterocycles. The molecule has 2 amide bonds. The monoisotopic (exact) mass is 213 g/mol. The van der Waals surface area contributed by atoms with E-state index in [9.17, 15) is 4.79 Å². The number of quaternary nitrogens is 1. The van der Waals surface area contributed by atoms with E-state index in [1.807, 2.05) is 0 Å². The zero-order valence-electron chi connectivity index (χ0n) is 8.67. The Morgan fingerprint density at radius 3 is 1.77 bits per heavy atom. The van der Waals surface area contributed by atoms with Gasteiger partial charge in [0.15, 0.2) is 0 Å². The van der Waals surface area contributed by atoms with E-state index in [-0.39, 0.29) is 19.0 Å². The number of aliphatic hydroxyl groups excluding tert-OH is 1. The summed E-state index contributed by atoms with van der Waals surface area (Å²) in [5, 5.41) is 10.6. The minimum absolute atomic E-state index is 0. The standard InChI is InChI=1S/C5H14NO.C2H6N2O.ClH/c1-6(2,3)4-5-7;1-4-2(3)5;/h7H,4-5H2,1-3H3;1H3,(H3,3,4,5);1H/q+1;;/p-1. The molecule has 0 atom stereocenters. The number of halogens is 1. The maximum absolute atomic E-state index is 9.48. The van der Waals surface area contributed by atoms with Crippen LogP contribution in [-0.2, 0) is 0 Å². The van der Waals surface area contributed by atoms with E-state index >= 15 is 0 Å². The maximum Gasteiger partial charge on any atom is 0.311 e. The van der Waals surface area contributed by atoms with Crippen molar-refractivity contribution in [3.63, 3.8) is 0 Å². The van der Waals surface area contributed by atoms with E-state index in [0.717, 1.165) is 11.0 Å². The van der Waals surface area contributed by atoms with Crippen molar-refractivity contribution in [1.29, 1.82) is 0 Å². The van der Waals surface area contributed by atoms with E-state index in [4.69, 9.17) is 5.11 Å². The Labute approximate surface area is 85.9 Å². The van der Waals surface area contributed by atoms with Crippen LogP contribution < -0.4 is 23.5 Å². The van der Waals surface area contributed by atoms with Crippen LogP contribution in [0.4, 0.5) is 4.79 Å². The zero-order valence-corrected chi connectivity index (χ0v) is 9.43. The number of rotatable bonds is 2. The second-order valence-corrected chi connectivity index (χ2v) is 3.35. The normalized spacial score (nSPS) is 9.00. The minimum Gasteiger partial charge on any atom is -1.00 e. The van der Waals surface area contributed by atoms with Crippen LogP contribution >= 0.6 is 0 Å². The number of hydrogen-bond donors (Lipinski definition) is 3. The Morgan fingerprint density at radius 1 is 1.46 bits per heavy atom. The summed E-state index contributed by atoms with van der Waals surface area (Å²) >= 11 is 0. The summed E-state index contributed by atoms with van der Waals surface area (Å²) in [6.07, 6.45) is 0. The molecular weight excluding hydrogens is 194 g/mol. The predicted molar refractivity (Wildman–Crippen MR) is 48.6 cm³/mol. The lowest BCUT2D eigenvalue weighted by molar-refractivity contribution is -0.870. The molecular formula is C7H20ClN3O2. The lowest BCUT2D eigenvalue weighted by atomic mass is 10.5. The van der Waals surface area contributed by atoms with Crippen LogP contribution in [0.5, 0.6) is 0 Å². The summed E-state index contributed by atoms with van der Waals surface area (Å²) < 4.78 is 0.844. The van der Waals surface area contributed by atoms with E-state index in [1.54, 1.807) is 0 Å².